The first kappa shape index (κ1) is 26.0. The van der Waals surface area contributed by atoms with Crippen molar-refractivity contribution in [1.29, 1.82) is 0 Å². The van der Waals surface area contributed by atoms with Gasteiger partial charge in [0.25, 0.3) is 0 Å². The van der Waals surface area contributed by atoms with Crippen LogP contribution in [0.4, 0.5) is 0 Å². The van der Waals surface area contributed by atoms with Crippen LogP contribution in [-0.2, 0) is 14.2 Å². The van der Waals surface area contributed by atoms with Crippen LogP contribution in [0.5, 0.6) is 23.0 Å². The molecule has 0 unspecified atom stereocenters. The predicted molar refractivity (Wildman–Crippen MR) is 126 cm³/mol. The molecule has 0 aromatic heterocycles. The van der Waals surface area contributed by atoms with Crippen LogP contribution in [0, 0.1) is 11.8 Å². The van der Waals surface area contributed by atoms with E-state index in [1.165, 1.54) is 14.2 Å². The van der Waals surface area contributed by atoms with Gasteiger partial charge in [-0.2, -0.15) is 0 Å². The number of aliphatic hydroxyl groups is 4. The molecule has 3 aliphatic heterocycles. The Morgan fingerprint density at radius 3 is 1.97 bits per heavy atom. The summed E-state index contributed by atoms with van der Waals surface area (Å²) >= 11 is 0. The van der Waals surface area contributed by atoms with Crippen molar-refractivity contribution in [3.8, 4) is 23.0 Å². The van der Waals surface area contributed by atoms with Gasteiger partial charge in [-0.05, 0) is 35.4 Å². The zero-order chi connectivity index (χ0) is 26.3. The average molecular weight is 521 g/mol. The topological polar surface area (TPSA) is 157 Å². The van der Waals surface area contributed by atoms with Crippen LogP contribution in [-0.4, -0.2) is 90.3 Å². The number of aliphatic hydroxyl groups excluding tert-OH is 4. The van der Waals surface area contributed by atoms with Crippen molar-refractivity contribution < 1.29 is 54.0 Å². The molecule has 11 heteroatoms. The fourth-order valence-corrected chi connectivity index (χ4v) is 5.35. The number of ether oxygens (including phenoxy) is 6. The molecular weight excluding hydrogens is 488 g/mol. The quantitative estimate of drug-likeness (QED) is 0.349. The van der Waals surface area contributed by atoms with Gasteiger partial charge in [-0.1, -0.05) is 12.1 Å². The van der Waals surface area contributed by atoms with Gasteiger partial charge in [-0.15, -0.1) is 0 Å². The molecule has 11 nitrogen and oxygen atoms in total. The number of phenols is 1. The number of rotatable bonds is 7. The van der Waals surface area contributed by atoms with Crippen molar-refractivity contribution in [2.45, 2.75) is 42.9 Å². The lowest BCUT2D eigenvalue weighted by Gasteiger charge is -2.39. The average Bonchev–Trinajstić information content (AvgIpc) is 3.52. The smallest absolute Gasteiger partial charge is 0.229 e. The zero-order valence-electron chi connectivity index (χ0n) is 20.5. The van der Waals surface area contributed by atoms with Crippen molar-refractivity contribution in [1.82, 2.24) is 0 Å². The van der Waals surface area contributed by atoms with E-state index in [2.05, 4.69) is 0 Å². The molecule has 2 aromatic carbocycles. The summed E-state index contributed by atoms with van der Waals surface area (Å²) in [5.41, 5.74) is 1.77. The second-order valence-electron chi connectivity index (χ2n) is 9.49. The largest absolute Gasteiger partial charge is 0.504 e. The summed E-state index contributed by atoms with van der Waals surface area (Å²) in [6.45, 7) is 0.436. The van der Waals surface area contributed by atoms with Crippen LogP contribution in [0.2, 0.25) is 0 Å². The Balaban J connectivity index is 1.32. The minimum atomic E-state index is -1.55. The highest BCUT2D eigenvalue weighted by Gasteiger charge is 2.49. The summed E-state index contributed by atoms with van der Waals surface area (Å²) in [5, 5.41) is 49.7. The molecule has 3 fully saturated rings. The van der Waals surface area contributed by atoms with Gasteiger partial charge in [-0.25, -0.2) is 0 Å². The van der Waals surface area contributed by atoms with Gasteiger partial charge < -0.3 is 54.0 Å². The fraction of sp³-hybridized carbons (Fsp3) is 0.538. The third-order valence-electron chi connectivity index (χ3n) is 7.40. The van der Waals surface area contributed by atoms with Gasteiger partial charge in [-0.3, -0.25) is 0 Å². The van der Waals surface area contributed by atoms with E-state index in [-0.39, 0.29) is 35.5 Å². The molecule has 2 aromatic rings. The molecule has 0 amide bonds. The van der Waals surface area contributed by atoms with E-state index in [1.54, 1.807) is 24.3 Å². The number of phenolic OH excluding ortho intramolecular Hbond substituents is 1. The van der Waals surface area contributed by atoms with Gasteiger partial charge in [0.1, 0.15) is 24.4 Å². The van der Waals surface area contributed by atoms with E-state index < -0.39 is 37.3 Å². The third kappa shape index (κ3) is 4.72. The standard InChI is InChI=1S/C26H32O11/c1-32-18-7-12(3-5-16(18)28)24-14-10-35-25(15(14)11-34-24)13-4-6-17(19(8-13)33-2)36-26-23(31)22(30)21(29)20(9-27)37-26/h3-8,14-15,20-31H,9-11H2,1-2H3/t14-,15+,20+,21+,22-,23+,24+,25+,26-/m0/s1. The van der Waals surface area contributed by atoms with Gasteiger partial charge in [0.05, 0.1) is 46.2 Å². The van der Waals surface area contributed by atoms with E-state index in [4.69, 9.17) is 28.4 Å². The molecule has 0 aliphatic carbocycles. The Kier molecular flexibility index (Phi) is 7.46. The number of benzene rings is 2. The molecule has 3 saturated heterocycles. The maximum atomic E-state index is 10.3. The lowest BCUT2D eigenvalue weighted by atomic mass is 9.85. The van der Waals surface area contributed by atoms with Crippen LogP contribution < -0.4 is 14.2 Å². The predicted octanol–water partition coefficient (Wildman–Crippen LogP) is 0.663. The summed E-state index contributed by atoms with van der Waals surface area (Å²) in [7, 11) is 2.98. The monoisotopic (exact) mass is 520 g/mol. The van der Waals surface area contributed by atoms with Crippen LogP contribution in [0.3, 0.4) is 0 Å². The molecule has 0 spiro atoms. The van der Waals surface area contributed by atoms with Crippen molar-refractivity contribution >= 4 is 0 Å². The Bertz CT molecular complexity index is 1090. The summed E-state index contributed by atoms with van der Waals surface area (Å²) in [4.78, 5) is 0. The summed E-state index contributed by atoms with van der Waals surface area (Å²) in [6, 6.07) is 10.5. The zero-order valence-corrected chi connectivity index (χ0v) is 20.5. The molecule has 0 saturated carbocycles. The van der Waals surface area contributed by atoms with Crippen molar-refractivity contribution in [3.63, 3.8) is 0 Å². The maximum Gasteiger partial charge on any atom is 0.229 e. The number of hydrogen-bond acceptors (Lipinski definition) is 11. The molecule has 5 N–H and O–H groups in total. The Hall–Kier alpha value is -2.64. The summed E-state index contributed by atoms with van der Waals surface area (Å²) in [5.74, 6) is 1.27. The number of fused-ring (bicyclic) bond motifs is 1. The first-order valence-corrected chi connectivity index (χ1v) is 12.1. The maximum absolute atomic E-state index is 10.3. The van der Waals surface area contributed by atoms with Gasteiger partial charge in [0, 0.05) is 11.8 Å². The van der Waals surface area contributed by atoms with Gasteiger partial charge >= 0.3 is 0 Å². The lowest BCUT2D eigenvalue weighted by molar-refractivity contribution is -0.277. The number of hydrogen-bond donors (Lipinski definition) is 5. The molecule has 3 aliphatic rings. The normalized spacial score (nSPS) is 35.2. The van der Waals surface area contributed by atoms with Crippen LogP contribution in [0.15, 0.2) is 36.4 Å². The third-order valence-corrected chi connectivity index (χ3v) is 7.40. The lowest BCUT2D eigenvalue weighted by Crippen LogP contribution is -2.60. The van der Waals surface area contributed by atoms with Gasteiger partial charge in [0.15, 0.2) is 23.0 Å². The van der Waals surface area contributed by atoms with E-state index in [9.17, 15) is 25.5 Å². The molecule has 9 atom stereocenters. The molecule has 3 heterocycles. The number of aromatic hydroxyl groups is 1. The molecule has 0 radical (unpaired) electrons. The first-order chi connectivity index (χ1) is 17.9. The van der Waals surface area contributed by atoms with E-state index in [0.29, 0.717) is 24.7 Å². The van der Waals surface area contributed by atoms with Crippen molar-refractivity contribution in [2.75, 3.05) is 34.0 Å². The highest BCUT2D eigenvalue weighted by atomic mass is 16.7. The van der Waals surface area contributed by atoms with Crippen molar-refractivity contribution in [2.24, 2.45) is 11.8 Å². The molecule has 0 bridgehead atoms. The Morgan fingerprint density at radius 1 is 0.784 bits per heavy atom. The fourth-order valence-electron chi connectivity index (χ4n) is 5.35. The second kappa shape index (κ2) is 10.6. The highest BCUT2D eigenvalue weighted by Crippen LogP contribution is 2.51. The first-order valence-electron chi connectivity index (χ1n) is 12.1. The van der Waals surface area contributed by atoms with Crippen molar-refractivity contribution in [3.05, 3.63) is 47.5 Å². The molecule has 5 rings (SSSR count). The summed E-state index contributed by atoms with van der Waals surface area (Å²) in [6.07, 6.45) is -7.41. The highest BCUT2D eigenvalue weighted by molar-refractivity contribution is 5.45. The van der Waals surface area contributed by atoms with Crippen LogP contribution in [0.25, 0.3) is 0 Å². The van der Waals surface area contributed by atoms with Crippen LogP contribution in [0.1, 0.15) is 23.3 Å². The van der Waals surface area contributed by atoms with Gasteiger partial charge in [0.2, 0.25) is 6.29 Å². The van der Waals surface area contributed by atoms with E-state index in [0.717, 1.165) is 11.1 Å². The van der Waals surface area contributed by atoms with E-state index >= 15 is 0 Å². The summed E-state index contributed by atoms with van der Waals surface area (Å²) < 4.78 is 34.3. The minimum absolute atomic E-state index is 0.0689. The number of methoxy groups -OCH3 is 2. The molecular formula is C26H32O11. The minimum Gasteiger partial charge on any atom is -0.504 e. The molecule has 202 valence electrons. The SMILES string of the molecule is COc1cc([C@H]2OC[C@@H]3[C@@H]2CO[C@@H]3c2ccc(O[C@H]3O[C@H](CO)[C@@H](O)[C@H](O)[C@H]3O)c(OC)c2)ccc1O. The van der Waals surface area contributed by atoms with E-state index in [1.807, 2.05) is 12.1 Å². The second-order valence-corrected chi connectivity index (χ2v) is 9.49. The Labute approximate surface area is 213 Å². The Morgan fingerprint density at radius 2 is 1.38 bits per heavy atom. The van der Waals surface area contributed by atoms with Crippen LogP contribution >= 0.6 is 0 Å². The molecule has 37 heavy (non-hydrogen) atoms.